The lowest BCUT2D eigenvalue weighted by Gasteiger charge is -2.33. The van der Waals surface area contributed by atoms with Gasteiger partial charge in [-0.25, -0.2) is 18.4 Å². The largest absolute Gasteiger partial charge is 0.477 e. The first-order valence-corrected chi connectivity index (χ1v) is 13.6. The van der Waals surface area contributed by atoms with Crippen LogP contribution in [0.4, 0.5) is 0 Å². The highest BCUT2D eigenvalue weighted by molar-refractivity contribution is 7.89. The minimum atomic E-state index is -3.77. The zero-order valence-electron chi connectivity index (χ0n) is 20.7. The lowest BCUT2D eigenvalue weighted by Crippen LogP contribution is -2.48. The third-order valence-electron chi connectivity index (χ3n) is 6.28. The van der Waals surface area contributed by atoms with Crippen molar-refractivity contribution >= 4 is 21.1 Å². The fourth-order valence-corrected chi connectivity index (χ4v) is 5.69. The van der Waals surface area contributed by atoms with Crippen LogP contribution in [0.25, 0.3) is 22.4 Å². The van der Waals surface area contributed by atoms with Crippen LogP contribution in [0.1, 0.15) is 39.8 Å². The molecule has 0 saturated carbocycles. The molecule has 12 heteroatoms. The van der Waals surface area contributed by atoms with Crippen LogP contribution in [-0.4, -0.2) is 81.7 Å². The maximum Gasteiger partial charge on any atom is 0.279 e. The Bertz CT molecular complexity index is 1360. The highest BCUT2D eigenvalue weighted by Crippen LogP contribution is 2.30. The van der Waals surface area contributed by atoms with Crippen LogP contribution in [0.2, 0.25) is 0 Å². The Hall–Kier alpha value is -2.83. The van der Waals surface area contributed by atoms with Crippen LogP contribution in [0, 0.1) is 0 Å². The number of piperazine rings is 1. The van der Waals surface area contributed by atoms with E-state index in [2.05, 4.69) is 26.9 Å². The minimum absolute atomic E-state index is 0.0454. The third-order valence-corrected chi connectivity index (χ3v) is 8.14. The van der Waals surface area contributed by atoms with E-state index in [1.807, 2.05) is 20.8 Å². The van der Waals surface area contributed by atoms with E-state index in [9.17, 15) is 13.2 Å². The Balaban J connectivity index is 1.82. The van der Waals surface area contributed by atoms with Gasteiger partial charge in [0.15, 0.2) is 5.52 Å². The predicted molar refractivity (Wildman–Crippen MR) is 133 cm³/mol. The summed E-state index contributed by atoms with van der Waals surface area (Å²) in [7, 11) is -3.77. The molecule has 0 atom stereocenters. The first kappa shape index (κ1) is 25.3. The molecular formula is C23H33N7O4S. The SMILES string of the molecule is CCCOc1ncc(S(=O)(=O)N2CCN(CC)CC2)cc1-c1nc2c(CC)n(CC)nc2c(=O)[nH]1. The molecule has 1 fully saturated rings. The molecule has 0 aromatic carbocycles. The topological polar surface area (TPSA) is 126 Å². The standard InChI is InChI=1S/C23H33N7O4S/c1-5-13-34-23-17(21-25-19-18(6-2)30(8-4)27-20(19)22(31)26-21)14-16(15-24-23)35(32,33)29-11-9-28(7-3)10-12-29/h14-15H,5-13H2,1-4H3,(H,25,26,31). The molecule has 11 nitrogen and oxygen atoms in total. The number of sulfonamides is 1. The fraction of sp³-hybridized carbons (Fsp3) is 0.565. The summed E-state index contributed by atoms with van der Waals surface area (Å²) >= 11 is 0. The number of ether oxygens (including phenoxy) is 1. The van der Waals surface area contributed by atoms with E-state index in [0.29, 0.717) is 56.8 Å². The second-order valence-corrected chi connectivity index (χ2v) is 10.4. The number of hydrogen-bond donors (Lipinski definition) is 1. The number of aryl methyl sites for hydroxylation is 2. The Labute approximate surface area is 205 Å². The van der Waals surface area contributed by atoms with Gasteiger partial charge in [0, 0.05) is 32.7 Å². The molecule has 3 aromatic rings. The van der Waals surface area contributed by atoms with Crippen LogP contribution in [0.5, 0.6) is 5.88 Å². The van der Waals surface area contributed by atoms with Crippen LogP contribution in [0.3, 0.4) is 0 Å². The summed E-state index contributed by atoms with van der Waals surface area (Å²) in [6.45, 7) is 12.0. The van der Waals surface area contributed by atoms with Crippen molar-refractivity contribution in [3.63, 3.8) is 0 Å². The number of H-pyrrole nitrogens is 1. The first-order valence-electron chi connectivity index (χ1n) is 12.2. The van der Waals surface area contributed by atoms with E-state index in [0.717, 1.165) is 18.7 Å². The molecule has 0 amide bonds. The molecular weight excluding hydrogens is 470 g/mol. The monoisotopic (exact) mass is 503 g/mol. The minimum Gasteiger partial charge on any atom is -0.477 e. The van der Waals surface area contributed by atoms with Crippen LogP contribution in [0.15, 0.2) is 22.0 Å². The van der Waals surface area contributed by atoms with Gasteiger partial charge in [0.2, 0.25) is 15.9 Å². The Morgan fingerprint density at radius 1 is 1.06 bits per heavy atom. The maximum absolute atomic E-state index is 13.4. The van der Waals surface area contributed by atoms with Gasteiger partial charge in [0.25, 0.3) is 5.56 Å². The molecule has 4 heterocycles. The Morgan fingerprint density at radius 3 is 2.43 bits per heavy atom. The molecule has 3 aromatic heterocycles. The lowest BCUT2D eigenvalue weighted by molar-refractivity contribution is 0.196. The van der Waals surface area contributed by atoms with Gasteiger partial charge in [-0.2, -0.15) is 9.40 Å². The third kappa shape index (κ3) is 4.82. The average molecular weight is 504 g/mol. The zero-order chi connectivity index (χ0) is 25.2. The zero-order valence-corrected chi connectivity index (χ0v) is 21.6. The molecule has 0 spiro atoms. The van der Waals surface area contributed by atoms with E-state index in [1.54, 1.807) is 4.68 Å². The summed E-state index contributed by atoms with van der Waals surface area (Å²) in [6.07, 6.45) is 2.71. The second-order valence-electron chi connectivity index (χ2n) is 8.44. The van der Waals surface area contributed by atoms with Crippen LogP contribution >= 0.6 is 0 Å². The summed E-state index contributed by atoms with van der Waals surface area (Å²) in [5.74, 6) is 0.435. The number of pyridine rings is 1. The van der Waals surface area contributed by atoms with E-state index in [1.165, 1.54) is 16.6 Å². The van der Waals surface area contributed by atoms with Gasteiger partial charge >= 0.3 is 0 Å². The molecule has 1 saturated heterocycles. The van der Waals surface area contributed by atoms with Gasteiger partial charge in [-0.15, -0.1) is 0 Å². The highest BCUT2D eigenvalue weighted by Gasteiger charge is 2.30. The van der Waals surface area contributed by atoms with Crippen molar-refractivity contribution in [1.29, 1.82) is 0 Å². The van der Waals surface area contributed by atoms with E-state index < -0.39 is 15.6 Å². The number of hydrogen-bond acceptors (Lipinski definition) is 8. The summed E-state index contributed by atoms with van der Waals surface area (Å²) in [6, 6.07) is 1.50. The van der Waals surface area contributed by atoms with Gasteiger partial charge in [-0.3, -0.25) is 9.48 Å². The number of fused-ring (bicyclic) bond motifs is 1. The molecule has 0 aliphatic carbocycles. The maximum atomic E-state index is 13.4. The van der Waals surface area contributed by atoms with Crippen LogP contribution < -0.4 is 10.3 Å². The van der Waals surface area contributed by atoms with Crippen molar-refractivity contribution in [1.82, 2.24) is 33.9 Å². The quantitative estimate of drug-likeness (QED) is 0.469. The molecule has 1 N–H and O–H groups in total. The van der Waals surface area contributed by atoms with E-state index in [4.69, 9.17) is 9.72 Å². The number of likely N-dealkylation sites (N-methyl/N-ethyl adjacent to an activating group) is 1. The molecule has 1 aliphatic heterocycles. The van der Waals surface area contributed by atoms with Crippen molar-refractivity contribution in [2.75, 3.05) is 39.3 Å². The Kier molecular flexibility index (Phi) is 7.53. The van der Waals surface area contributed by atoms with Gasteiger partial charge in [-0.05, 0) is 32.4 Å². The number of nitrogens with one attached hydrogen (secondary N) is 1. The van der Waals surface area contributed by atoms with Crippen LogP contribution in [-0.2, 0) is 23.0 Å². The van der Waals surface area contributed by atoms with Gasteiger partial charge in [-0.1, -0.05) is 20.8 Å². The van der Waals surface area contributed by atoms with Gasteiger partial charge in [0.05, 0.1) is 24.1 Å². The number of nitrogens with zero attached hydrogens (tertiary/aromatic N) is 6. The molecule has 4 rings (SSSR count). The first-order chi connectivity index (χ1) is 16.8. The van der Waals surface area contributed by atoms with Crippen molar-refractivity contribution < 1.29 is 13.2 Å². The number of aromatic amines is 1. The summed E-state index contributed by atoms with van der Waals surface area (Å²) in [4.78, 5) is 27.0. The highest BCUT2D eigenvalue weighted by atomic mass is 32.2. The predicted octanol–water partition coefficient (Wildman–Crippen LogP) is 1.88. The molecule has 35 heavy (non-hydrogen) atoms. The van der Waals surface area contributed by atoms with Crippen molar-refractivity contribution in [2.24, 2.45) is 0 Å². The molecule has 0 unspecified atom stereocenters. The number of rotatable bonds is 9. The van der Waals surface area contributed by atoms with Crippen molar-refractivity contribution in [3.8, 4) is 17.3 Å². The number of aromatic nitrogens is 5. The van der Waals surface area contributed by atoms with Gasteiger partial charge in [0.1, 0.15) is 16.2 Å². The molecule has 0 radical (unpaired) electrons. The van der Waals surface area contributed by atoms with Gasteiger partial charge < -0.3 is 14.6 Å². The average Bonchev–Trinajstić information content (AvgIpc) is 3.25. The van der Waals surface area contributed by atoms with Crippen molar-refractivity contribution in [2.45, 2.75) is 52.0 Å². The smallest absolute Gasteiger partial charge is 0.279 e. The molecule has 0 bridgehead atoms. The van der Waals surface area contributed by atoms with E-state index in [-0.39, 0.29) is 22.1 Å². The van der Waals surface area contributed by atoms with Crippen molar-refractivity contribution in [3.05, 3.63) is 28.3 Å². The fourth-order valence-electron chi connectivity index (χ4n) is 4.30. The summed E-state index contributed by atoms with van der Waals surface area (Å²) in [5, 5.41) is 4.40. The Morgan fingerprint density at radius 2 is 1.80 bits per heavy atom. The summed E-state index contributed by atoms with van der Waals surface area (Å²) < 4.78 is 35.9. The normalized spacial score (nSPS) is 15.7. The lowest BCUT2D eigenvalue weighted by atomic mass is 10.2. The molecule has 1 aliphatic rings. The molecule has 190 valence electrons. The summed E-state index contributed by atoms with van der Waals surface area (Å²) in [5.41, 5.74) is 1.54. The van der Waals surface area contributed by atoms with E-state index >= 15 is 0 Å². The second kappa shape index (κ2) is 10.4.